The van der Waals surface area contributed by atoms with Gasteiger partial charge in [-0.3, -0.25) is 4.90 Å². The van der Waals surface area contributed by atoms with E-state index in [0.717, 1.165) is 25.6 Å². The van der Waals surface area contributed by atoms with Gasteiger partial charge in [-0.25, -0.2) is 0 Å². The quantitative estimate of drug-likeness (QED) is 0.648. The zero-order chi connectivity index (χ0) is 10.6. The summed E-state index contributed by atoms with van der Waals surface area (Å²) in [5.41, 5.74) is 5.51. The van der Waals surface area contributed by atoms with Crippen molar-refractivity contribution in [2.45, 2.75) is 38.3 Å². The van der Waals surface area contributed by atoms with Gasteiger partial charge in [-0.2, -0.15) is 0 Å². The lowest BCUT2D eigenvalue weighted by Crippen LogP contribution is -2.39. The van der Waals surface area contributed by atoms with Crippen LogP contribution in [0.2, 0.25) is 0 Å². The summed E-state index contributed by atoms with van der Waals surface area (Å²) in [6, 6.07) is 1.22. The van der Waals surface area contributed by atoms with Gasteiger partial charge in [-0.15, -0.1) is 0 Å². The van der Waals surface area contributed by atoms with Crippen LogP contribution in [0.5, 0.6) is 0 Å². The maximum atomic E-state index is 5.51. The molecule has 0 saturated heterocycles. The fourth-order valence-electron chi connectivity index (χ4n) is 1.75. The van der Waals surface area contributed by atoms with Gasteiger partial charge in [0, 0.05) is 32.2 Å². The van der Waals surface area contributed by atoms with Gasteiger partial charge in [0.15, 0.2) is 0 Å². The van der Waals surface area contributed by atoms with Gasteiger partial charge >= 0.3 is 0 Å². The molecule has 0 aromatic rings. The third-order valence-electron chi connectivity index (χ3n) is 2.61. The van der Waals surface area contributed by atoms with Crippen LogP contribution < -0.4 is 5.73 Å². The third kappa shape index (κ3) is 3.90. The van der Waals surface area contributed by atoms with Gasteiger partial charge in [0.25, 0.3) is 0 Å². The van der Waals surface area contributed by atoms with Crippen molar-refractivity contribution in [3.8, 4) is 0 Å². The molecule has 1 aliphatic rings. The average molecular weight is 216 g/mol. The number of hydrogen-bond acceptors (Lipinski definition) is 3. The molecule has 3 nitrogen and oxygen atoms in total. The second-order valence-corrected chi connectivity index (χ2v) is 4.51. The molecule has 1 rings (SSSR count). The number of rotatable bonds is 7. The predicted molar refractivity (Wildman–Crippen MR) is 62.5 cm³/mol. The summed E-state index contributed by atoms with van der Waals surface area (Å²) in [6.07, 6.45) is 3.44. The second-order valence-electron chi connectivity index (χ2n) is 3.99. The minimum absolute atomic E-state index is 0.474. The lowest BCUT2D eigenvalue weighted by molar-refractivity contribution is 0.0960. The number of nitrogens with two attached hydrogens (primary N) is 1. The molecule has 4 heteroatoms. The molecule has 1 saturated carbocycles. The second kappa shape index (κ2) is 5.63. The molecule has 0 radical (unpaired) electrons. The monoisotopic (exact) mass is 216 g/mol. The lowest BCUT2D eigenvalue weighted by atomic mass is 10.2. The van der Waals surface area contributed by atoms with E-state index in [0.29, 0.717) is 11.0 Å². The van der Waals surface area contributed by atoms with Gasteiger partial charge in [0.05, 0.1) is 11.6 Å². The first-order chi connectivity index (χ1) is 6.65. The summed E-state index contributed by atoms with van der Waals surface area (Å²) < 4.78 is 5.16. The molecule has 0 heterocycles. The first kappa shape index (κ1) is 11.9. The highest BCUT2D eigenvalue weighted by Crippen LogP contribution is 2.28. The Morgan fingerprint density at radius 3 is 2.71 bits per heavy atom. The topological polar surface area (TPSA) is 38.5 Å². The van der Waals surface area contributed by atoms with E-state index < -0.39 is 0 Å². The smallest absolute Gasteiger partial charge is 0.0740 e. The molecular weight excluding hydrogens is 196 g/mol. The van der Waals surface area contributed by atoms with Crippen molar-refractivity contribution in [1.29, 1.82) is 0 Å². The van der Waals surface area contributed by atoms with E-state index in [1.165, 1.54) is 12.8 Å². The van der Waals surface area contributed by atoms with Crippen molar-refractivity contribution in [3.63, 3.8) is 0 Å². The van der Waals surface area contributed by atoms with Crippen LogP contribution in [0.25, 0.3) is 0 Å². The molecule has 2 N–H and O–H groups in total. The van der Waals surface area contributed by atoms with Crippen molar-refractivity contribution in [1.82, 2.24) is 4.90 Å². The first-order valence-electron chi connectivity index (χ1n) is 5.18. The molecule has 0 spiro atoms. The molecule has 1 unspecified atom stereocenters. The summed E-state index contributed by atoms with van der Waals surface area (Å²) in [7, 11) is 1.75. The zero-order valence-corrected chi connectivity index (χ0v) is 9.85. The fraction of sp³-hybridized carbons (Fsp3) is 0.900. The molecule has 0 aromatic heterocycles. The lowest BCUT2D eigenvalue weighted by Gasteiger charge is -2.28. The summed E-state index contributed by atoms with van der Waals surface area (Å²) >= 11 is 4.89. The van der Waals surface area contributed by atoms with Crippen LogP contribution in [0.15, 0.2) is 0 Å². The largest absolute Gasteiger partial charge is 0.393 e. The molecule has 1 atom stereocenters. The Kier molecular flexibility index (Phi) is 4.78. The molecule has 82 valence electrons. The van der Waals surface area contributed by atoms with E-state index in [1.807, 2.05) is 0 Å². The van der Waals surface area contributed by atoms with Crippen LogP contribution in [0.4, 0.5) is 0 Å². The van der Waals surface area contributed by atoms with E-state index in [1.54, 1.807) is 7.11 Å². The minimum Gasteiger partial charge on any atom is -0.393 e. The maximum absolute atomic E-state index is 5.51. The third-order valence-corrected chi connectivity index (χ3v) is 2.81. The van der Waals surface area contributed by atoms with Crippen LogP contribution in [0.3, 0.4) is 0 Å². The standard InChI is InChI=1S/C10H20N2OS/c1-8(7-13-2)12(9-3-4-9)6-5-10(11)14/h8-9H,3-7H2,1-2H3,(H2,11,14). The highest BCUT2D eigenvalue weighted by molar-refractivity contribution is 7.80. The Bertz CT molecular complexity index is 195. The average Bonchev–Trinajstić information content (AvgIpc) is 2.88. The number of nitrogens with zero attached hydrogens (tertiary/aromatic N) is 1. The minimum atomic E-state index is 0.474. The normalized spacial score (nSPS) is 18.5. The predicted octanol–water partition coefficient (Wildman–Crippen LogP) is 1.16. The first-order valence-corrected chi connectivity index (χ1v) is 5.59. The van der Waals surface area contributed by atoms with Crippen molar-refractivity contribution < 1.29 is 4.74 Å². The molecule has 1 fully saturated rings. The van der Waals surface area contributed by atoms with E-state index in [9.17, 15) is 0 Å². The highest BCUT2D eigenvalue weighted by Gasteiger charge is 2.31. The Morgan fingerprint density at radius 2 is 2.29 bits per heavy atom. The summed E-state index contributed by atoms with van der Waals surface area (Å²) in [4.78, 5) is 3.07. The van der Waals surface area contributed by atoms with E-state index in [2.05, 4.69) is 11.8 Å². The SMILES string of the molecule is COCC(C)N(CCC(N)=S)C1CC1. The Morgan fingerprint density at radius 1 is 1.64 bits per heavy atom. The Labute approximate surface area is 91.6 Å². The van der Waals surface area contributed by atoms with Crippen molar-refractivity contribution in [3.05, 3.63) is 0 Å². The van der Waals surface area contributed by atoms with E-state index in [4.69, 9.17) is 22.7 Å². The molecule has 0 amide bonds. The van der Waals surface area contributed by atoms with Crippen LogP contribution in [0.1, 0.15) is 26.2 Å². The number of hydrogen-bond donors (Lipinski definition) is 1. The van der Waals surface area contributed by atoms with Crippen LogP contribution >= 0.6 is 12.2 Å². The molecular formula is C10H20N2OS. The van der Waals surface area contributed by atoms with Gasteiger partial charge in [0.1, 0.15) is 0 Å². The number of methoxy groups -OCH3 is 1. The Hall–Kier alpha value is -0.190. The van der Waals surface area contributed by atoms with E-state index in [-0.39, 0.29) is 0 Å². The zero-order valence-electron chi connectivity index (χ0n) is 9.03. The molecule has 14 heavy (non-hydrogen) atoms. The number of thiocarbonyl (C=S) groups is 1. The molecule has 0 bridgehead atoms. The van der Waals surface area contributed by atoms with Crippen LogP contribution in [-0.4, -0.2) is 42.2 Å². The summed E-state index contributed by atoms with van der Waals surface area (Å²) in [5.74, 6) is 0. The van der Waals surface area contributed by atoms with Gasteiger partial charge in [-0.1, -0.05) is 12.2 Å². The van der Waals surface area contributed by atoms with Crippen molar-refractivity contribution in [2.75, 3.05) is 20.3 Å². The molecule has 1 aliphatic carbocycles. The van der Waals surface area contributed by atoms with Crippen LogP contribution in [-0.2, 0) is 4.74 Å². The summed E-state index contributed by atoms with van der Waals surface area (Å²) in [5, 5.41) is 0. The Balaban J connectivity index is 2.33. The van der Waals surface area contributed by atoms with Crippen molar-refractivity contribution in [2.24, 2.45) is 5.73 Å². The maximum Gasteiger partial charge on any atom is 0.0740 e. The van der Waals surface area contributed by atoms with Crippen molar-refractivity contribution >= 4 is 17.2 Å². The van der Waals surface area contributed by atoms with Gasteiger partial charge < -0.3 is 10.5 Å². The van der Waals surface area contributed by atoms with Gasteiger partial charge in [0.2, 0.25) is 0 Å². The van der Waals surface area contributed by atoms with Gasteiger partial charge in [-0.05, 0) is 19.8 Å². The fourth-order valence-corrected chi connectivity index (χ4v) is 1.84. The number of ether oxygens (including phenoxy) is 1. The molecule has 0 aromatic carbocycles. The highest BCUT2D eigenvalue weighted by atomic mass is 32.1. The van der Waals surface area contributed by atoms with Crippen LogP contribution in [0, 0.1) is 0 Å². The van der Waals surface area contributed by atoms with E-state index >= 15 is 0 Å². The summed E-state index contributed by atoms with van der Waals surface area (Å²) in [6.45, 7) is 3.96. The molecule has 0 aliphatic heterocycles.